The van der Waals surface area contributed by atoms with E-state index in [1.54, 1.807) is 18.0 Å². The van der Waals surface area contributed by atoms with Crippen molar-refractivity contribution in [2.24, 2.45) is 0 Å². The molecule has 0 fully saturated rings. The minimum Gasteiger partial charge on any atom is -0.480 e. The van der Waals surface area contributed by atoms with Gasteiger partial charge in [0.15, 0.2) is 0 Å². The first-order valence-electron chi connectivity index (χ1n) is 5.90. The van der Waals surface area contributed by atoms with Gasteiger partial charge in [0.25, 0.3) is 0 Å². The van der Waals surface area contributed by atoms with Crippen LogP contribution in [-0.4, -0.2) is 44.1 Å². The van der Waals surface area contributed by atoms with Gasteiger partial charge in [0.1, 0.15) is 11.9 Å². The quantitative estimate of drug-likeness (QED) is 0.808. The predicted molar refractivity (Wildman–Crippen MR) is 62.9 cm³/mol. The molecule has 1 unspecified atom stereocenters. The normalized spacial score (nSPS) is 15.9. The van der Waals surface area contributed by atoms with Gasteiger partial charge in [-0.25, -0.2) is 14.6 Å². The molecule has 98 valence electrons. The minimum absolute atomic E-state index is 0.349. The van der Waals surface area contributed by atoms with E-state index >= 15 is 0 Å². The lowest BCUT2D eigenvalue weighted by Crippen LogP contribution is -2.49. The highest BCUT2D eigenvalue weighted by Crippen LogP contribution is 2.10. The highest BCUT2D eigenvalue weighted by atomic mass is 16.4. The number of fused-ring (bicyclic) bond motifs is 1. The molecular formula is C11H16N4O3. The molecule has 0 aliphatic carbocycles. The number of aliphatic carboxylic acids is 1. The Kier molecular flexibility index (Phi) is 3.50. The van der Waals surface area contributed by atoms with Gasteiger partial charge in [0.2, 0.25) is 0 Å². The fourth-order valence-corrected chi connectivity index (χ4v) is 1.93. The van der Waals surface area contributed by atoms with Gasteiger partial charge in [-0.15, -0.1) is 0 Å². The molecular weight excluding hydrogens is 236 g/mol. The summed E-state index contributed by atoms with van der Waals surface area (Å²) in [5, 5.41) is 11.4. The van der Waals surface area contributed by atoms with Crippen molar-refractivity contribution in [2.45, 2.75) is 32.5 Å². The zero-order chi connectivity index (χ0) is 13.1. The summed E-state index contributed by atoms with van der Waals surface area (Å²) in [6, 6.07) is -1.18. The number of hydrogen-bond acceptors (Lipinski definition) is 3. The van der Waals surface area contributed by atoms with E-state index in [0.717, 1.165) is 5.82 Å². The number of hydrogen-bond donors (Lipinski definition) is 2. The second-order valence-electron chi connectivity index (χ2n) is 4.21. The van der Waals surface area contributed by atoms with Crippen LogP contribution in [0.3, 0.4) is 0 Å². The Labute approximate surface area is 104 Å². The van der Waals surface area contributed by atoms with Crippen molar-refractivity contribution in [3.05, 3.63) is 18.2 Å². The molecule has 2 amide bonds. The molecule has 2 N–H and O–H groups in total. The Hall–Kier alpha value is -2.05. The molecule has 2 heterocycles. The van der Waals surface area contributed by atoms with E-state index in [1.165, 1.54) is 0 Å². The summed E-state index contributed by atoms with van der Waals surface area (Å²) < 4.78 is 1.98. The highest BCUT2D eigenvalue weighted by Gasteiger charge is 2.24. The molecule has 0 bridgehead atoms. The zero-order valence-corrected chi connectivity index (χ0v) is 10.2. The van der Waals surface area contributed by atoms with Crippen LogP contribution in [0.2, 0.25) is 0 Å². The molecule has 1 aliphatic heterocycles. The summed E-state index contributed by atoms with van der Waals surface area (Å²) in [5.41, 5.74) is 0. The van der Waals surface area contributed by atoms with E-state index < -0.39 is 12.0 Å². The van der Waals surface area contributed by atoms with Crippen molar-refractivity contribution >= 4 is 12.0 Å². The van der Waals surface area contributed by atoms with Crippen LogP contribution in [-0.2, 0) is 17.9 Å². The Morgan fingerprint density at radius 1 is 1.56 bits per heavy atom. The summed E-state index contributed by atoms with van der Waals surface area (Å²) in [7, 11) is 0. The molecule has 7 nitrogen and oxygen atoms in total. The van der Waals surface area contributed by atoms with Crippen LogP contribution in [0.25, 0.3) is 0 Å². The molecule has 1 aliphatic rings. The number of nitrogens with one attached hydrogen (secondary N) is 1. The first kappa shape index (κ1) is 12.4. The second kappa shape index (κ2) is 5.07. The fraction of sp³-hybridized carbons (Fsp3) is 0.545. The molecule has 1 atom stereocenters. The molecule has 0 saturated carbocycles. The molecule has 1 aromatic heterocycles. The lowest BCUT2D eigenvalue weighted by Gasteiger charge is -2.28. The maximum absolute atomic E-state index is 11.9. The molecule has 18 heavy (non-hydrogen) atoms. The first-order valence-corrected chi connectivity index (χ1v) is 5.90. The predicted octanol–water partition coefficient (Wildman–Crippen LogP) is 0.271. The summed E-state index contributed by atoms with van der Waals surface area (Å²) in [6.45, 7) is 3.38. The first-order chi connectivity index (χ1) is 8.61. The number of nitrogens with zero attached hydrogens (tertiary/aromatic N) is 3. The lowest BCUT2D eigenvalue weighted by atomic mass is 10.2. The van der Waals surface area contributed by atoms with Crippen molar-refractivity contribution in [1.29, 1.82) is 0 Å². The van der Waals surface area contributed by atoms with Gasteiger partial charge < -0.3 is 19.9 Å². The second-order valence-corrected chi connectivity index (χ2v) is 4.21. The van der Waals surface area contributed by atoms with Crippen molar-refractivity contribution in [3.8, 4) is 0 Å². The number of carboxylic acid groups (broad SMARTS) is 1. The minimum atomic E-state index is -1.01. The lowest BCUT2D eigenvalue weighted by molar-refractivity contribution is -0.139. The standard InChI is InChI=1S/C11H16N4O3/c1-2-8(10(16)17)13-11(18)15-6-5-14-4-3-12-9(14)7-15/h3-4,8H,2,5-7H2,1H3,(H,13,18)(H,16,17). The van der Waals surface area contributed by atoms with E-state index in [0.29, 0.717) is 26.1 Å². The summed E-state index contributed by atoms with van der Waals surface area (Å²) >= 11 is 0. The Balaban J connectivity index is 1.97. The molecule has 0 aromatic carbocycles. The van der Waals surface area contributed by atoms with Crippen LogP contribution in [0, 0.1) is 0 Å². The zero-order valence-electron chi connectivity index (χ0n) is 10.2. The average molecular weight is 252 g/mol. The maximum atomic E-state index is 11.9. The summed E-state index contributed by atoms with van der Waals surface area (Å²) in [6.07, 6.45) is 3.93. The average Bonchev–Trinajstić information content (AvgIpc) is 2.82. The van der Waals surface area contributed by atoms with Crippen LogP contribution in [0.1, 0.15) is 19.2 Å². The largest absolute Gasteiger partial charge is 0.480 e. The smallest absolute Gasteiger partial charge is 0.326 e. The fourth-order valence-electron chi connectivity index (χ4n) is 1.93. The van der Waals surface area contributed by atoms with Crippen LogP contribution >= 0.6 is 0 Å². The van der Waals surface area contributed by atoms with E-state index in [9.17, 15) is 9.59 Å². The van der Waals surface area contributed by atoms with Crippen molar-refractivity contribution in [2.75, 3.05) is 6.54 Å². The SMILES string of the molecule is CCC(NC(=O)N1CCn2ccnc2C1)C(=O)O. The third-order valence-corrected chi connectivity index (χ3v) is 3.04. The Morgan fingerprint density at radius 2 is 2.33 bits per heavy atom. The monoisotopic (exact) mass is 252 g/mol. The molecule has 7 heteroatoms. The Bertz CT molecular complexity index is 457. The van der Waals surface area contributed by atoms with Crippen LogP contribution < -0.4 is 5.32 Å². The molecule has 2 rings (SSSR count). The van der Waals surface area contributed by atoms with Gasteiger partial charge in [-0.3, -0.25) is 0 Å². The number of urea groups is 1. The number of imidazole rings is 1. The number of aromatic nitrogens is 2. The number of carboxylic acids is 1. The van der Waals surface area contributed by atoms with Gasteiger partial charge in [-0.2, -0.15) is 0 Å². The van der Waals surface area contributed by atoms with Crippen molar-refractivity contribution in [3.63, 3.8) is 0 Å². The van der Waals surface area contributed by atoms with Gasteiger partial charge >= 0.3 is 12.0 Å². The van der Waals surface area contributed by atoms with Gasteiger partial charge in [-0.1, -0.05) is 6.92 Å². The van der Waals surface area contributed by atoms with Crippen LogP contribution in [0.5, 0.6) is 0 Å². The molecule has 0 radical (unpaired) electrons. The van der Waals surface area contributed by atoms with Gasteiger partial charge in [-0.05, 0) is 6.42 Å². The van der Waals surface area contributed by atoms with E-state index in [4.69, 9.17) is 5.11 Å². The third-order valence-electron chi connectivity index (χ3n) is 3.04. The van der Waals surface area contributed by atoms with E-state index in [1.807, 2.05) is 10.8 Å². The topological polar surface area (TPSA) is 87.5 Å². The van der Waals surface area contributed by atoms with E-state index in [2.05, 4.69) is 10.3 Å². The summed E-state index contributed by atoms with van der Waals surface area (Å²) in [5.74, 6) is -0.191. The number of carbonyl (C=O) groups excluding carboxylic acids is 1. The molecule has 0 saturated heterocycles. The van der Waals surface area contributed by atoms with Gasteiger partial charge in [0, 0.05) is 25.5 Å². The third kappa shape index (κ3) is 2.44. The van der Waals surface area contributed by atoms with Crippen LogP contribution in [0.4, 0.5) is 4.79 Å². The molecule has 1 aromatic rings. The molecule has 0 spiro atoms. The highest BCUT2D eigenvalue weighted by molar-refractivity contribution is 5.82. The Morgan fingerprint density at radius 3 is 3.00 bits per heavy atom. The van der Waals surface area contributed by atoms with Crippen molar-refractivity contribution < 1.29 is 14.7 Å². The number of carbonyl (C=O) groups is 2. The van der Waals surface area contributed by atoms with Crippen molar-refractivity contribution in [1.82, 2.24) is 19.8 Å². The maximum Gasteiger partial charge on any atom is 0.326 e. The number of rotatable bonds is 3. The van der Waals surface area contributed by atoms with Crippen LogP contribution in [0.15, 0.2) is 12.4 Å². The van der Waals surface area contributed by atoms with Gasteiger partial charge in [0.05, 0.1) is 6.54 Å². The van der Waals surface area contributed by atoms with E-state index in [-0.39, 0.29) is 6.03 Å². The number of amides is 2. The summed E-state index contributed by atoms with van der Waals surface area (Å²) in [4.78, 5) is 28.5.